The number of carbonyl (C=O) groups excluding carboxylic acids is 2. The molecule has 1 heterocycles. The lowest BCUT2D eigenvalue weighted by atomic mass is 10.2. The molecule has 1 N–H and O–H groups in total. The van der Waals surface area contributed by atoms with E-state index >= 15 is 0 Å². The van der Waals surface area contributed by atoms with Gasteiger partial charge >= 0.3 is 5.97 Å². The molecule has 2 rings (SSSR count). The number of hydrogen-bond donors (Lipinski definition) is 1. The quantitative estimate of drug-likeness (QED) is 0.501. The van der Waals surface area contributed by atoms with Crippen LogP contribution in [0.3, 0.4) is 0 Å². The van der Waals surface area contributed by atoms with Crippen molar-refractivity contribution >= 4 is 23.6 Å². The highest BCUT2D eigenvalue weighted by molar-refractivity contribution is 7.99. The van der Waals surface area contributed by atoms with Crippen molar-refractivity contribution in [2.75, 3.05) is 19.4 Å². The first-order chi connectivity index (χ1) is 11.1. The highest BCUT2D eigenvalue weighted by atomic mass is 32.2. The lowest BCUT2D eigenvalue weighted by Gasteiger charge is -2.05. The van der Waals surface area contributed by atoms with Gasteiger partial charge < -0.3 is 10.1 Å². The van der Waals surface area contributed by atoms with Crippen molar-refractivity contribution in [1.29, 1.82) is 0 Å². The predicted octanol–water partition coefficient (Wildman–Crippen LogP) is 2.70. The van der Waals surface area contributed by atoms with Crippen molar-refractivity contribution in [1.82, 2.24) is 10.3 Å². The zero-order chi connectivity index (χ0) is 16.7. The average Bonchev–Trinajstić information content (AvgIpc) is 2.59. The largest absolute Gasteiger partial charge is 0.465 e. The summed E-state index contributed by atoms with van der Waals surface area (Å²) in [5, 5.41) is 2.80. The molecule has 1 aromatic heterocycles. The van der Waals surface area contributed by atoms with Gasteiger partial charge in [-0.3, -0.25) is 9.78 Å². The van der Waals surface area contributed by atoms with E-state index in [1.807, 2.05) is 6.92 Å². The number of ether oxygens (including phenoxy) is 1. The molecule has 0 fully saturated rings. The van der Waals surface area contributed by atoms with E-state index in [1.54, 1.807) is 11.8 Å². The van der Waals surface area contributed by atoms with Gasteiger partial charge in [0.15, 0.2) is 0 Å². The summed E-state index contributed by atoms with van der Waals surface area (Å²) in [6.45, 7) is 2.59. The van der Waals surface area contributed by atoms with Gasteiger partial charge in [-0.25, -0.2) is 4.79 Å². The molecule has 1 amide bonds. The van der Waals surface area contributed by atoms with Gasteiger partial charge in [-0.1, -0.05) is 17.7 Å². The third-order valence-corrected chi connectivity index (χ3v) is 4.11. The monoisotopic (exact) mass is 330 g/mol. The molecule has 1 aromatic carbocycles. The molecule has 23 heavy (non-hydrogen) atoms. The van der Waals surface area contributed by atoms with E-state index in [-0.39, 0.29) is 11.6 Å². The van der Waals surface area contributed by atoms with Gasteiger partial charge in [0.25, 0.3) is 5.91 Å². The highest BCUT2D eigenvalue weighted by Gasteiger charge is 2.09. The van der Waals surface area contributed by atoms with Crippen LogP contribution in [0, 0.1) is 6.92 Å². The number of benzene rings is 1. The molecule has 0 saturated carbocycles. The van der Waals surface area contributed by atoms with Crippen LogP contribution in [0.4, 0.5) is 0 Å². The maximum Gasteiger partial charge on any atom is 0.339 e. The number of nitrogens with one attached hydrogen (secondary N) is 1. The molecular weight excluding hydrogens is 312 g/mol. The Bertz CT molecular complexity index is 669. The average molecular weight is 330 g/mol. The predicted molar refractivity (Wildman–Crippen MR) is 89.8 cm³/mol. The molecule has 6 heteroatoms. The van der Waals surface area contributed by atoms with Crippen LogP contribution in [-0.2, 0) is 4.74 Å². The third kappa shape index (κ3) is 5.10. The highest BCUT2D eigenvalue weighted by Crippen LogP contribution is 2.17. The summed E-state index contributed by atoms with van der Waals surface area (Å²) in [6.07, 6.45) is 1.34. The fraction of sp³-hybridized carbons (Fsp3) is 0.235. The molecule has 0 atom stereocenters. The Morgan fingerprint density at radius 2 is 1.91 bits per heavy atom. The van der Waals surface area contributed by atoms with Crippen LogP contribution in [0.2, 0.25) is 0 Å². The maximum atomic E-state index is 12.0. The minimum absolute atomic E-state index is 0.258. The Labute approximate surface area is 139 Å². The first kappa shape index (κ1) is 17.0. The molecule has 0 aliphatic heterocycles. The zero-order valence-corrected chi connectivity index (χ0v) is 13.9. The molecule has 0 saturated heterocycles. The normalized spacial score (nSPS) is 10.2. The van der Waals surface area contributed by atoms with E-state index in [4.69, 9.17) is 0 Å². The number of pyridine rings is 1. The number of amides is 1. The number of hydrogen-bond acceptors (Lipinski definition) is 5. The molecule has 0 aliphatic rings. The molecule has 120 valence electrons. The molecule has 5 nitrogen and oxygen atoms in total. The van der Waals surface area contributed by atoms with E-state index in [0.29, 0.717) is 12.1 Å². The van der Waals surface area contributed by atoms with Crippen LogP contribution in [-0.4, -0.2) is 36.3 Å². The number of nitrogens with zero attached hydrogens (tertiary/aromatic N) is 1. The van der Waals surface area contributed by atoms with Gasteiger partial charge in [0.1, 0.15) is 5.69 Å². The lowest BCUT2D eigenvalue weighted by Crippen LogP contribution is -2.26. The summed E-state index contributed by atoms with van der Waals surface area (Å²) in [4.78, 5) is 28.4. The Kier molecular flexibility index (Phi) is 6.17. The fourth-order valence-electron chi connectivity index (χ4n) is 1.83. The Balaban J connectivity index is 1.78. The third-order valence-electron chi connectivity index (χ3n) is 3.09. The number of rotatable bonds is 6. The summed E-state index contributed by atoms with van der Waals surface area (Å²) in [5.41, 5.74) is 1.82. The summed E-state index contributed by atoms with van der Waals surface area (Å²) in [5.74, 6) is 0.0413. The minimum Gasteiger partial charge on any atom is -0.465 e. The number of aromatic nitrogens is 1. The van der Waals surface area contributed by atoms with Crippen LogP contribution in [0.1, 0.15) is 26.4 Å². The first-order valence-electron chi connectivity index (χ1n) is 7.12. The summed E-state index contributed by atoms with van der Waals surface area (Å²) < 4.78 is 4.58. The van der Waals surface area contributed by atoms with Crippen molar-refractivity contribution in [3.8, 4) is 0 Å². The fourth-order valence-corrected chi connectivity index (χ4v) is 2.59. The molecule has 0 unspecified atom stereocenters. The zero-order valence-electron chi connectivity index (χ0n) is 13.0. The summed E-state index contributed by atoms with van der Waals surface area (Å²) >= 11 is 1.68. The molecule has 0 spiro atoms. The van der Waals surface area contributed by atoms with Crippen molar-refractivity contribution in [2.24, 2.45) is 0 Å². The van der Waals surface area contributed by atoms with E-state index < -0.39 is 5.97 Å². The van der Waals surface area contributed by atoms with Crippen LogP contribution < -0.4 is 5.32 Å². The van der Waals surface area contributed by atoms with Gasteiger partial charge in [-0.05, 0) is 31.2 Å². The summed E-state index contributed by atoms with van der Waals surface area (Å²) in [6, 6.07) is 11.3. The lowest BCUT2D eigenvalue weighted by molar-refractivity contribution is 0.0599. The molecule has 0 aliphatic carbocycles. The van der Waals surface area contributed by atoms with Gasteiger partial charge in [-0.2, -0.15) is 0 Å². The van der Waals surface area contributed by atoms with Crippen LogP contribution in [0.25, 0.3) is 0 Å². The number of carbonyl (C=O) groups is 2. The first-order valence-corrected chi connectivity index (χ1v) is 8.11. The standard InChI is InChI=1S/C17H18N2O3S/c1-12-3-6-14(7-4-12)23-10-9-18-16(20)15-8-5-13(11-19-15)17(21)22-2/h3-8,11H,9-10H2,1-2H3,(H,18,20). The molecule has 2 aromatic rings. The topological polar surface area (TPSA) is 68.3 Å². The summed E-state index contributed by atoms with van der Waals surface area (Å²) in [7, 11) is 1.30. The van der Waals surface area contributed by atoms with E-state index in [9.17, 15) is 9.59 Å². The van der Waals surface area contributed by atoms with E-state index in [1.165, 1.54) is 35.9 Å². The molecular formula is C17H18N2O3S. The minimum atomic E-state index is -0.473. The Hall–Kier alpha value is -2.34. The molecule has 0 radical (unpaired) electrons. The van der Waals surface area contributed by atoms with Crippen molar-refractivity contribution < 1.29 is 14.3 Å². The van der Waals surface area contributed by atoms with Gasteiger partial charge in [0.05, 0.1) is 12.7 Å². The molecule has 0 bridgehead atoms. The maximum absolute atomic E-state index is 12.0. The number of methoxy groups -OCH3 is 1. The smallest absolute Gasteiger partial charge is 0.339 e. The van der Waals surface area contributed by atoms with Crippen molar-refractivity contribution in [2.45, 2.75) is 11.8 Å². The van der Waals surface area contributed by atoms with Crippen molar-refractivity contribution in [3.63, 3.8) is 0 Å². The Morgan fingerprint density at radius 1 is 1.17 bits per heavy atom. The van der Waals surface area contributed by atoms with E-state index in [0.717, 1.165) is 5.75 Å². The number of esters is 1. The van der Waals surface area contributed by atoms with Crippen LogP contribution in [0.5, 0.6) is 0 Å². The van der Waals surface area contributed by atoms with Gasteiger partial charge in [0, 0.05) is 23.4 Å². The van der Waals surface area contributed by atoms with Crippen molar-refractivity contribution in [3.05, 3.63) is 59.4 Å². The SMILES string of the molecule is COC(=O)c1ccc(C(=O)NCCSc2ccc(C)cc2)nc1. The van der Waals surface area contributed by atoms with Crippen LogP contribution >= 0.6 is 11.8 Å². The second-order valence-corrected chi connectivity index (χ2v) is 6.01. The van der Waals surface area contributed by atoms with E-state index in [2.05, 4.69) is 39.3 Å². The van der Waals surface area contributed by atoms with Gasteiger partial charge in [-0.15, -0.1) is 11.8 Å². The number of aryl methyl sites for hydroxylation is 1. The second kappa shape index (κ2) is 8.33. The van der Waals surface area contributed by atoms with Crippen LogP contribution in [0.15, 0.2) is 47.5 Å². The number of thioether (sulfide) groups is 1. The second-order valence-electron chi connectivity index (χ2n) is 4.84. The Morgan fingerprint density at radius 3 is 2.52 bits per heavy atom. The van der Waals surface area contributed by atoms with Gasteiger partial charge in [0.2, 0.25) is 0 Å².